The van der Waals surface area contributed by atoms with E-state index in [2.05, 4.69) is 5.32 Å². The summed E-state index contributed by atoms with van der Waals surface area (Å²) in [6, 6.07) is 21.9. The number of alkyl halides is 2. The van der Waals surface area contributed by atoms with Gasteiger partial charge in [0.1, 0.15) is 22.0 Å². The molecule has 0 radical (unpaired) electrons. The van der Waals surface area contributed by atoms with E-state index in [1.807, 2.05) is 55.5 Å². The van der Waals surface area contributed by atoms with Crippen molar-refractivity contribution in [1.82, 2.24) is 4.90 Å². The van der Waals surface area contributed by atoms with Gasteiger partial charge in [-0.15, -0.1) is 23.2 Å². The summed E-state index contributed by atoms with van der Waals surface area (Å²) in [5.74, 6) is -2.87. The fraction of sp³-hybridized carbons (Fsp3) is 0.250. The van der Waals surface area contributed by atoms with Crippen LogP contribution in [0, 0.1) is 11.8 Å². The van der Waals surface area contributed by atoms with Gasteiger partial charge >= 0.3 is 0 Å². The first-order valence-electron chi connectivity index (χ1n) is 11.8. The van der Waals surface area contributed by atoms with E-state index >= 15 is 0 Å². The highest BCUT2D eigenvalue weighted by atomic mass is 35.5. The monoisotopic (exact) mass is 520 g/mol. The second-order valence-corrected chi connectivity index (χ2v) is 10.4. The van der Waals surface area contributed by atoms with Crippen molar-refractivity contribution >= 4 is 46.6 Å². The van der Waals surface area contributed by atoms with E-state index in [4.69, 9.17) is 27.9 Å². The molecule has 2 bridgehead atoms. The number of likely N-dealkylation sites (tertiary alicyclic amines) is 1. The van der Waals surface area contributed by atoms with Crippen molar-refractivity contribution < 1.29 is 19.1 Å². The minimum absolute atomic E-state index is 0.427. The van der Waals surface area contributed by atoms with Crippen LogP contribution in [0.2, 0.25) is 0 Å². The molecule has 6 nitrogen and oxygen atoms in total. The summed E-state index contributed by atoms with van der Waals surface area (Å²) in [4.78, 5) is 39.1. The molecule has 0 saturated carbocycles. The average molecular weight is 521 g/mol. The zero-order chi connectivity index (χ0) is 25.2. The van der Waals surface area contributed by atoms with Crippen molar-refractivity contribution in [3.63, 3.8) is 0 Å². The minimum atomic E-state index is -1.27. The molecule has 3 aromatic rings. The standard InChI is InChI=1S/C28H22Cl2N2O4/c1-2-36-21-14-8-7-13-20(21)31-22(33)15-32-25(34)23-24(26(32)35)28(30)17-10-4-3-9-16(17)27(23,29)18-11-5-6-12-19(18)28/h3-14,23-24H,2,15H2,1H3,(H,31,33)/t23-,24+,27?,28?. The Bertz CT molecular complexity index is 1320. The lowest BCUT2D eigenvalue weighted by molar-refractivity contribution is -0.142. The zero-order valence-electron chi connectivity index (χ0n) is 19.3. The third-order valence-electron chi connectivity index (χ3n) is 7.44. The normalized spacial score (nSPS) is 27.4. The summed E-state index contributed by atoms with van der Waals surface area (Å²) in [7, 11) is 0. The number of benzene rings is 3. The molecular formula is C28H22Cl2N2O4. The largest absolute Gasteiger partial charge is 0.492 e. The maximum atomic E-state index is 13.8. The smallest absolute Gasteiger partial charge is 0.244 e. The SMILES string of the molecule is CCOc1ccccc1NC(=O)CN1C(=O)[C@@H]2[C@H](C1=O)C1(Cl)c3ccccc3C2(Cl)c2ccccc21. The summed E-state index contributed by atoms with van der Waals surface area (Å²) in [6.07, 6.45) is 0. The number of ether oxygens (including phenoxy) is 1. The number of hydrogen-bond acceptors (Lipinski definition) is 4. The highest BCUT2D eigenvalue weighted by Gasteiger charge is 2.73. The Hall–Kier alpha value is -3.35. The number of imide groups is 1. The van der Waals surface area contributed by atoms with E-state index in [9.17, 15) is 14.4 Å². The van der Waals surface area contributed by atoms with Crippen LogP contribution >= 0.6 is 23.2 Å². The Morgan fingerprint density at radius 1 is 0.833 bits per heavy atom. The maximum Gasteiger partial charge on any atom is 0.244 e. The first-order chi connectivity index (χ1) is 17.3. The van der Waals surface area contributed by atoms with Gasteiger partial charge in [-0.25, -0.2) is 0 Å². The highest BCUT2D eigenvalue weighted by molar-refractivity contribution is 6.36. The van der Waals surface area contributed by atoms with E-state index in [0.717, 1.165) is 27.2 Å². The predicted octanol–water partition coefficient (Wildman–Crippen LogP) is 4.62. The molecule has 3 aliphatic carbocycles. The lowest BCUT2D eigenvalue weighted by Gasteiger charge is -2.54. The van der Waals surface area contributed by atoms with Gasteiger partial charge in [-0.3, -0.25) is 19.3 Å². The van der Waals surface area contributed by atoms with Gasteiger partial charge < -0.3 is 10.1 Å². The summed E-state index contributed by atoms with van der Waals surface area (Å²) in [5, 5.41) is 2.76. The molecular weight excluding hydrogens is 499 g/mol. The zero-order valence-corrected chi connectivity index (χ0v) is 20.8. The van der Waals surface area contributed by atoms with Crippen LogP contribution in [0.1, 0.15) is 29.2 Å². The first-order valence-corrected chi connectivity index (χ1v) is 12.5. The fourth-order valence-electron chi connectivity index (χ4n) is 6.07. The van der Waals surface area contributed by atoms with Crippen LogP contribution < -0.4 is 10.1 Å². The lowest BCUT2D eigenvalue weighted by Crippen LogP contribution is -2.57. The van der Waals surface area contributed by atoms with Gasteiger partial charge in [0.15, 0.2) is 0 Å². The van der Waals surface area contributed by atoms with Crippen molar-refractivity contribution in [2.24, 2.45) is 11.8 Å². The lowest BCUT2D eigenvalue weighted by atomic mass is 9.54. The molecule has 1 saturated heterocycles. The number of rotatable bonds is 5. The van der Waals surface area contributed by atoms with Gasteiger partial charge in [0, 0.05) is 0 Å². The molecule has 0 aromatic heterocycles. The number of nitrogens with zero attached hydrogens (tertiary/aromatic N) is 1. The van der Waals surface area contributed by atoms with Crippen molar-refractivity contribution in [3.8, 4) is 5.75 Å². The summed E-state index contributed by atoms with van der Waals surface area (Å²) in [6.45, 7) is 1.82. The van der Waals surface area contributed by atoms with Gasteiger partial charge in [0.05, 0.1) is 24.1 Å². The van der Waals surface area contributed by atoms with Crippen LogP contribution in [0.25, 0.3) is 0 Å². The summed E-state index contributed by atoms with van der Waals surface area (Å²) < 4.78 is 5.56. The van der Waals surface area contributed by atoms with E-state index in [1.165, 1.54) is 0 Å². The Kier molecular flexibility index (Phi) is 5.18. The van der Waals surface area contributed by atoms with Crippen molar-refractivity contribution in [3.05, 3.63) is 95.1 Å². The Morgan fingerprint density at radius 3 is 1.75 bits per heavy atom. The van der Waals surface area contributed by atoms with E-state index < -0.39 is 45.9 Å². The van der Waals surface area contributed by atoms with Crippen molar-refractivity contribution in [2.75, 3.05) is 18.5 Å². The fourth-order valence-corrected chi connectivity index (χ4v) is 7.16. The number of carbonyl (C=O) groups excluding carboxylic acids is 3. The second kappa shape index (κ2) is 8.08. The number of hydrogen-bond donors (Lipinski definition) is 1. The van der Waals surface area contributed by atoms with Crippen LogP contribution in [0.4, 0.5) is 5.69 Å². The van der Waals surface area contributed by atoms with E-state index in [1.54, 1.807) is 24.3 Å². The van der Waals surface area contributed by atoms with Crippen molar-refractivity contribution in [2.45, 2.75) is 16.7 Å². The molecule has 3 amide bonds. The third kappa shape index (κ3) is 2.88. The number of carbonyl (C=O) groups is 3. The molecule has 1 heterocycles. The number of nitrogens with one attached hydrogen (secondary N) is 1. The Morgan fingerprint density at radius 2 is 1.28 bits per heavy atom. The van der Waals surface area contributed by atoms with Crippen LogP contribution in [0.15, 0.2) is 72.8 Å². The first kappa shape index (κ1) is 23.1. The second-order valence-electron chi connectivity index (χ2n) is 9.21. The molecule has 1 aliphatic heterocycles. The molecule has 36 heavy (non-hydrogen) atoms. The molecule has 182 valence electrons. The molecule has 7 rings (SSSR count). The predicted molar refractivity (Wildman–Crippen MR) is 136 cm³/mol. The van der Waals surface area contributed by atoms with Crippen molar-refractivity contribution in [1.29, 1.82) is 0 Å². The number of anilines is 1. The minimum Gasteiger partial charge on any atom is -0.492 e. The van der Waals surface area contributed by atoms with Gasteiger partial charge in [0.2, 0.25) is 17.7 Å². The summed E-state index contributed by atoms with van der Waals surface area (Å²) >= 11 is 14.8. The third-order valence-corrected chi connectivity index (χ3v) is 8.72. The molecule has 1 N–H and O–H groups in total. The van der Waals surface area contributed by atoms with Crippen LogP contribution in [0.5, 0.6) is 5.75 Å². The van der Waals surface area contributed by atoms with Crippen LogP contribution in [0.3, 0.4) is 0 Å². The molecule has 1 fully saturated rings. The van der Waals surface area contributed by atoms with Crippen LogP contribution in [-0.4, -0.2) is 35.8 Å². The summed E-state index contributed by atoms with van der Waals surface area (Å²) in [5.41, 5.74) is 3.35. The Labute approximate surface area is 218 Å². The Balaban J connectivity index is 1.39. The van der Waals surface area contributed by atoms with Gasteiger partial charge in [-0.05, 0) is 41.3 Å². The van der Waals surface area contributed by atoms with Gasteiger partial charge in [-0.1, -0.05) is 60.7 Å². The molecule has 4 aliphatic rings. The average Bonchev–Trinajstić information content (AvgIpc) is 3.14. The maximum absolute atomic E-state index is 13.8. The van der Waals surface area contributed by atoms with E-state index in [-0.39, 0.29) is 0 Å². The highest BCUT2D eigenvalue weighted by Crippen LogP contribution is 2.69. The number of amides is 3. The van der Waals surface area contributed by atoms with Crippen LogP contribution in [-0.2, 0) is 24.1 Å². The molecule has 0 unspecified atom stereocenters. The quantitative estimate of drug-likeness (QED) is 0.393. The number of para-hydroxylation sites is 2. The van der Waals surface area contributed by atoms with Gasteiger partial charge in [-0.2, -0.15) is 0 Å². The molecule has 3 aromatic carbocycles. The number of halogens is 2. The van der Waals surface area contributed by atoms with Gasteiger partial charge in [0.25, 0.3) is 0 Å². The molecule has 0 spiro atoms. The molecule has 2 atom stereocenters. The van der Waals surface area contributed by atoms with E-state index in [0.29, 0.717) is 18.0 Å². The topological polar surface area (TPSA) is 75.7 Å². The molecule has 8 heteroatoms.